The van der Waals surface area contributed by atoms with Crippen molar-refractivity contribution < 1.29 is 41.4 Å². The largest absolute Gasteiger partial charge is 0.483 e. The highest BCUT2D eigenvalue weighted by Crippen LogP contribution is 2.27. The normalized spacial score (nSPS) is 18.3. The van der Waals surface area contributed by atoms with Crippen LogP contribution in [0.25, 0.3) is 0 Å². The van der Waals surface area contributed by atoms with E-state index in [9.17, 15) is 27.2 Å². The highest BCUT2D eigenvalue weighted by atomic mass is 19.2. The number of cyclic esters (lactones) is 1. The van der Waals surface area contributed by atoms with Crippen molar-refractivity contribution >= 4 is 12.1 Å². The van der Waals surface area contributed by atoms with E-state index in [0.717, 1.165) is 5.56 Å². The number of hydrogen-bond acceptors (Lipinski definition) is 5. The average Bonchev–Trinajstić information content (AvgIpc) is 3.04. The lowest BCUT2D eigenvalue weighted by Gasteiger charge is -2.19. The Labute approximate surface area is 162 Å². The molecule has 0 spiro atoms. The van der Waals surface area contributed by atoms with Crippen molar-refractivity contribution in [1.82, 2.24) is 5.32 Å². The van der Waals surface area contributed by atoms with Gasteiger partial charge in [0.1, 0.15) is 13.2 Å². The number of amides is 1. The van der Waals surface area contributed by atoms with Gasteiger partial charge >= 0.3 is 12.1 Å². The summed E-state index contributed by atoms with van der Waals surface area (Å²) >= 11 is 0. The van der Waals surface area contributed by atoms with Gasteiger partial charge in [-0.1, -0.05) is 30.3 Å². The number of nitrogens with one attached hydrogen (secondary N) is 1. The predicted molar refractivity (Wildman–Crippen MR) is 89.8 cm³/mol. The zero-order valence-electron chi connectivity index (χ0n) is 14.8. The van der Waals surface area contributed by atoms with Crippen LogP contribution in [0.3, 0.4) is 0 Å². The van der Waals surface area contributed by atoms with Gasteiger partial charge in [0.05, 0.1) is 12.5 Å². The maximum Gasteiger partial charge on any atom is 0.407 e. The Bertz CT molecular complexity index is 883. The van der Waals surface area contributed by atoms with E-state index in [-0.39, 0.29) is 19.1 Å². The maximum absolute atomic E-state index is 13.7. The van der Waals surface area contributed by atoms with Gasteiger partial charge in [-0.25, -0.2) is 13.6 Å². The quantitative estimate of drug-likeness (QED) is 0.447. The number of ether oxygens (including phenoxy) is 3. The molecule has 0 bridgehead atoms. The van der Waals surface area contributed by atoms with Crippen LogP contribution in [0.5, 0.6) is 5.75 Å². The summed E-state index contributed by atoms with van der Waals surface area (Å²) in [4.78, 5) is 23.5. The molecule has 1 amide bonds. The minimum Gasteiger partial charge on any atom is -0.483 e. The first-order chi connectivity index (χ1) is 13.8. The molecule has 10 heteroatoms. The molecule has 29 heavy (non-hydrogen) atoms. The first-order valence-corrected chi connectivity index (χ1v) is 8.47. The fourth-order valence-corrected chi connectivity index (χ4v) is 2.66. The molecule has 0 aliphatic carbocycles. The van der Waals surface area contributed by atoms with Gasteiger partial charge < -0.3 is 19.5 Å². The molecule has 2 aromatic rings. The molecule has 2 unspecified atom stereocenters. The first kappa shape index (κ1) is 20.4. The monoisotopic (exact) mass is 413 g/mol. The summed E-state index contributed by atoms with van der Waals surface area (Å²) in [6.45, 7) is -0.666. The third kappa shape index (κ3) is 4.95. The summed E-state index contributed by atoms with van der Waals surface area (Å²) in [5, 5.41) is 2.40. The van der Waals surface area contributed by atoms with Crippen molar-refractivity contribution in [2.75, 3.05) is 6.61 Å². The lowest BCUT2D eigenvalue weighted by atomic mass is 10.1. The van der Waals surface area contributed by atoms with Crippen LogP contribution in [0.1, 0.15) is 12.0 Å². The van der Waals surface area contributed by atoms with Gasteiger partial charge in [0.15, 0.2) is 23.5 Å². The van der Waals surface area contributed by atoms with E-state index in [1.165, 1.54) is 0 Å². The molecule has 154 valence electrons. The molecular weight excluding hydrogens is 398 g/mol. The zero-order valence-corrected chi connectivity index (χ0v) is 14.8. The Morgan fingerprint density at radius 3 is 2.41 bits per heavy atom. The molecule has 1 fully saturated rings. The standard InChI is InChI=1S/C19H15F4NO5/c20-11-6-12(21)17(23)18(16(11)22)27-9-14-13(7-15(25)29-14)24-19(26)28-8-10-4-2-1-3-5-10/h1-6,13-14H,7-9H2,(H,24,26). The fraction of sp³-hybridized carbons (Fsp3) is 0.263. The lowest BCUT2D eigenvalue weighted by Crippen LogP contribution is -2.43. The van der Waals surface area contributed by atoms with Crippen LogP contribution in [-0.2, 0) is 20.9 Å². The number of halogens is 4. The zero-order chi connectivity index (χ0) is 21.0. The SMILES string of the molecule is O=C1CC(NC(=O)OCc2ccccc2)C(COc2c(F)c(F)cc(F)c2F)O1. The number of rotatable bonds is 6. The Morgan fingerprint density at radius 1 is 1.10 bits per heavy atom. The molecule has 2 aromatic carbocycles. The van der Waals surface area contributed by atoms with Crippen LogP contribution in [0.2, 0.25) is 0 Å². The van der Waals surface area contributed by atoms with Crippen molar-refractivity contribution in [3.63, 3.8) is 0 Å². The Kier molecular flexibility index (Phi) is 6.20. The van der Waals surface area contributed by atoms with Crippen LogP contribution in [0, 0.1) is 23.3 Å². The molecule has 1 aliphatic heterocycles. The van der Waals surface area contributed by atoms with Crippen LogP contribution in [0.15, 0.2) is 36.4 Å². The fourth-order valence-electron chi connectivity index (χ4n) is 2.66. The van der Waals surface area contributed by atoms with E-state index in [2.05, 4.69) is 5.32 Å². The molecule has 1 heterocycles. The Hall–Kier alpha value is -3.30. The van der Waals surface area contributed by atoms with Gasteiger partial charge in [-0.2, -0.15) is 8.78 Å². The molecule has 0 radical (unpaired) electrons. The number of benzene rings is 2. The van der Waals surface area contributed by atoms with Gasteiger partial charge in [0.2, 0.25) is 11.6 Å². The van der Waals surface area contributed by atoms with Gasteiger partial charge in [-0.05, 0) is 5.56 Å². The molecule has 0 aromatic heterocycles. The summed E-state index contributed by atoms with van der Waals surface area (Å²) < 4.78 is 68.6. The summed E-state index contributed by atoms with van der Waals surface area (Å²) in [6.07, 6.45) is -2.23. The van der Waals surface area contributed by atoms with Gasteiger partial charge in [0, 0.05) is 6.07 Å². The molecule has 1 aliphatic rings. The number of alkyl carbamates (subject to hydrolysis) is 1. The third-order valence-corrected chi connectivity index (χ3v) is 4.10. The Morgan fingerprint density at radius 2 is 1.76 bits per heavy atom. The topological polar surface area (TPSA) is 73.9 Å². The van der Waals surface area contributed by atoms with E-state index >= 15 is 0 Å². The van der Waals surface area contributed by atoms with Crippen molar-refractivity contribution in [1.29, 1.82) is 0 Å². The highest BCUT2D eigenvalue weighted by Gasteiger charge is 2.37. The highest BCUT2D eigenvalue weighted by molar-refractivity contribution is 5.75. The predicted octanol–water partition coefficient (Wildman–Crippen LogP) is 3.23. The second-order valence-electron chi connectivity index (χ2n) is 6.15. The summed E-state index contributed by atoms with van der Waals surface area (Å²) in [6, 6.07) is 7.93. The van der Waals surface area contributed by atoms with Gasteiger partial charge in [-0.15, -0.1) is 0 Å². The summed E-state index contributed by atoms with van der Waals surface area (Å²) in [5.74, 6) is -8.70. The van der Waals surface area contributed by atoms with Gasteiger partial charge in [0.25, 0.3) is 0 Å². The smallest absolute Gasteiger partial charge is 0.407 e. The average molecular weight is 413 g/mol. The van der Waals surface area contributed by atoms with Crippen LogP contribution < -0.4 is 10.1 Å². The Balaban J connectivity index is 1.59. The van der Waals surface area contributed by atoms with Gasteiger partial charge in [-0.3, -0.25) is 4.79 Å². The molecular formula is C19H15F4NO5. The second-order valence-corrected chi connectivity index (χ2v) is 6.15. The lowest BCUT2D eigenvalue weighted by molar-refractivity contribution is -0.142. The molecule has 1 saturated heterocycles. The van der Waals surface area contributed by atoms with Crippen molar-refractivity contribution in [3.05, 3.63) is 65.2 Å². The molecule has 3 rings (SSSR count). The third-order valence-electron chi connectivity index (χ3n) is 4.10. The molecule has 2 atom stereocenters. The number of carbonyl (C=O) groups is 2. The second kappa shape index (κ2) is 8.80. The molecule has 0 saturated carbocycles. The number of carbonyl (C=O) groups excluding carboxylic acids is 2. The molecule has 1 N–H and O–H groups in total. The van der Waals surface area contributed by atoms with E-state index in [1.54, 1.807) is 30.3 Å². The first-order valence-electron chi connectivity index (χ1n) is 8.47. The molecule has 6 nitrogen and oxygen atoms in total. The minimum atomic E-state index is -1.72. The minimum absolute atomic E-state index is 0.0195. The summed E-state index contributed by atoms with van der Waals surface area (Å²) in [5.41, 5.74) is 0.736. The van der Waals surface area contributed by atoms with Crippen LogP contribution in [0.4, 0.5) is 22.4 Å². The van der Waals surface area contributed by atoms with E-state index in [0.29, 0.717) is 0 Å². The van der Waals surface area contributed by atoms with Crippen molar-refractivity contribution in [2.24, 2.45) is 0 Å². The van der Waals surface area contributed by atoms with Crippen LogP contribution >= 0.6 is 0 Å². The number of hydrogen-bond donors (Lipinski definition) is 1. The number of esters is 1. The van der Waals surface area contributed by atoms with E-state index in [1.807, 2.05) is 0 Å². The van der Waals surface area contributed by atoms with Crippen LogP contribution in [-0.4, -0.2) is 30.8 Å². The maximum atomic E-state index is 13.7. The van der Waals surface area contributed by atoms with E-state index in [4.69, 9.17) is 14.2 Å². The summed E-state index contributed by atoms with van der Waals surface area (Å²) in [7, 11) is 0. The van der Waals surface area contributed by atoms with Crippen molar-refractivity contribution in [3.8, 4) is 5.75 Å². The van der Waals surface area contributed by atoms with Crippen molar-refractivity contribution in [2.45, 2.75) is 25.2 Å². The van der Waals surface area contributed by atoms with E-state index < -0.39 is 59.8 Å².